The van der Waals surface area contributed by atoms with E-state index in [0.717, 1.165) is 25.7 Å². The van der Waals surface area contributed by atoms with Crippen LogP contribution in [-0.4, -0.2) is 44.5 Å². The molecule has 0 atom stereocenters. The normalized spacial score (nSPS) is 28.3. The monoisotopic (exact) mass is 358 g/mol. The molecule has 2 rings (SSSR count). The van der Waals surface area contributed by atoms with Crippen LogP contribution in [0.1, 0.15) is 65.7 Å². The molecule has 2 N–H and O–H groups in total. The molecule has 6 heteroatoms. The fourth-order valence-electron chi connectivity index (χ4n) is 4.22. The summed E-state index contributed by atoms with van der Waals surface area (Å²) in [7, 11) is -3.43. The molecule has 1 aliphatic carbocycles. The van der Waals surface area contributed by atoms with E-state index in [1.54, 1.807) is 0 Å². The zero-order chi connectivity index (χ0) is 18.0. The highest BCUT2D eigenvalue weighted by atomic mass is 32.2. The minimum absolute atomic E-state index is 0.120. The van der Waals surface area contributed by atoms with Gasteiger partial charge >= 0.3 is 0 Å². The van der Waals surface area contributed by atoms with E-state index in [1.807, 2.05) is 0 Å². The quantitative estimate of drug-likeness (QED) is 0.790. The second-order valence-corrected chi connectivity index (χ2v) is 10.7. The third kappa shape index (κ3) is 3.96. The van der Waals surface area contributed by atoms with E-state index in [-0.39, 0.29) is 11.9 Å². The summed E-state index contributed by atoms with van der Waals surface area (Å²) in [6.45, 7) is 8.05. The van der Waals surface area contributed by atoms with Crippen molar-refractivity contribution in [3.05, 3.63) is 0 Å². The minimum Gasteiger partial charge on any atom is -0.352 e. The maximum absolute atomic E-state index is 12.9. The molecule has 1 saturated heterocycles. The molecule has 2 aliphatic rings. The van der Waals surface area contributed by atoms with Crippen molar-refractivity contribution in [3.63, 3.8) is 0 Å². The number of carbonyl (C=O) groups is 1. The SMILES string of the molecule is CCC(C)(C)C1CCC(NC(=O)C2(S(C)(=O)=O)CCNCC2)CC1. The van der Waals surface area contributed by atoms with Crippen LogP contribution in [0.3, 0.4) is 0 Å². The Morgan fingerprint density at radius 2 is 1.71 bits per heavy atom. The molecule has 0 aromatic carbocycles. The Balaban J connectivity index is 2.00. The molecule has 24 heavy (non-hydrogen) atoms. The summed E-state index contributed by atoms with van der Waals surface area (Å²) in [5, 5.41) is 6.23. The van der Waals surface area contributed by atoms with E-state index >= 15 is 0 Å². The lowest BCUT2D eigenvalue weighted by Crippen LogP contribution is -2.59. The molecule has 0 bridgehead atoms. The van der Waals surface area contributed by atoms with Crippen LogP contribution in [0, 0.1) is 11.3 Å². The van der Waals surface area contributed by atoms with Gasteiger partial charge in [0.2, 0.25) is 5.91 Å². The van der Waals surface area contributed by atoms with Crippen LogP contribution >= 0.6 is 0 Å². The zero-order valence-electron chi connectivity index (χ0n) is 15.7. The van der Waals surface area contributed by atoms with Crippen LogP contribution in [-0.2, 0) is 14.6 Å². The lowest BCUT2D eigenvalue weighted by molar-refractivity contribution is -0.125. The summed E-state index contributed by atoms with van der Waals surface area (Å²) in [6, 6.07) is 0.120. The Morgan fingerprint density at radius 3 is 2.17 bits per heavy atom. The van der Waals surface area contributed by atoms with Crippen molar-refractivity contribution in [2.45, 2.75) is 76.5 Å². The number of carbonyl (C=O) groups excluding carboxylic acids is 1. The topological polar surface area (TPSA) is 75.3 Å². The summed E-state index contributed by atoms with van der Waals surface area (Å²) in [4.78, 5) is 12.9. The standard InChI is InChI=1S/C18H34N2O3S/c1-5-17(2,3)14-6-8-15(9-7-14)20-16(21)18(24(4,22)23)10-12-19-13-11-18/h14-15,19H,5-13H2,1-4H3,(H,20,21). The van der Waals surface area contributed by atoms with Crippen LogP contribution in [0.4, 0.5) is 0 Å². The number of sulfone groups is 1. The van der Waals surface area contributed by atoms with E-state index in [1.165, 1.54) is 12.7 Å². The Kier molecular flexibility index (Phi) is 6.01. The van der Waals surface area contributed by atoms with Crippen molar-refractivity contribution >= 4 is 15.7 Å². The van der Waals surface area contributed by atoms with Crippen molar-refractivity contribution in [3.8, 4) is 0 Å². The second kappa shape index (κ2) is 7.32. The van der Waals surface area contributed by atoms with Crippen molar-refractivity contribution < 1.29 is 13.2 Å². The first-order valence-electron chi connectivity index (χ1n) is 9.34. The van der Waals surface area contributed by atoms with E-state index in [9.17, 15) is 13.2 Å². The van der Waals surface area contributed by atoms with Gasteiger partial charge in [0.05, 0.1) is 0 Å². The molecule has 1 saturated carbocycles. The number of piperidine rings is 1. The van der Waals surface area contributed by atoms with Gasteiger partial charge in [-0.15, -0.1) is 0 Å². The highest BCUT2D eigenvalue weighted by molar-refractivity contribution is 7.92. The average Bonchev–Trinajstić information content (AvgIpc) is 2.55. The van der Waals surface area contributed by atoms with Crippen LogP contribution < -0.4 is 10.6 Å². The van der Waals surface area contributed by atoms with Gasteiger partial charge in [0, 0.05) is 12.3 Å². The fraction of sp³-hybridized carbons (Fsp3) is 0.944. The molecule has 0 aromatic heterocycles. The number of amides is 1. The molecule has 0 radical (unpaired) electrons. The Labute approximate surface area is 147 Å². The Hall–Kier alpha value is -0.620. The first-order chi connectivity index (χ1) is 11.1. The van der Waals surface area contributed by atoms with E-state index < -0.39 is 14.6 Å². The van der Waals surface area contributed by atoms with Crippen LogP contribution in [0.2, 0.25) is 0 Å². The molecule has 0 unspecified atom stereocenters. The van der Waals surface area contributed by atoms with Crippen molar-refractivity contribution in [2.75, 3.05) is 19.3 Å². The summed E-state index contributed by atoms with van der Waals surface area (Å²) in [5.41, 5.74) is 0.345. The van der Waals surface area contributed by atoms with Gasteiger partial charge in [0.1, 0.15) is 0 Å². The van der Waals surface area contributed by atoms with Crippen LogP contribution in [0.5, 0.6) is 0 Å². The predicted molar refractivity (Wildman–Crippen MR) is 97.6 cm³/mol. The molecule has 0 aromatic rings. The molecular formula is C18H34N2O3S. The van der Waals surface area contributed by atoms with Gasteiger partial charge in [0.15, 0.2) is 14.6 Å². The molecule has 1 amide bonds. The summed E-state index contributed by atoms with van der Waals surface area (Å²) < 4.78 is 23.4. The second-order valence-electron chi connectivity index (χ2n) is 8.38. The third-order valence-electron chi connectivity index (χ3n) is 6.61. The lowest BCUT2D eigenvalue weighted by Gasteiger charge is -2.40. The molecular weight excluding hydrogens is 324 g/mol. The Bertz CT molecular complexity index is 543. The average molecular weight is 359 g/mol. The predicted octanol–water partition coefficient (Wildman–Crippen LogP) is 2.26. The molecule has 140 valence electrons. The van der Waals surface area contributed by atoms with Gasteiger partial charge in [0.25, 0.3) is 0 Å². The minimum atomic E-state index is -3.43. The number of nitrogens with one attached hydrogen (secondary N) is 2. The molecule has 1 aliphatic heterocycles. The largest absolute Gasteiger partial charge is 0.352 e. The number of rotatable bonds is 5. The van der Waals surface area contributed by atoms with Gasteiger partial charge in [-0.2, -0.15) is 0 Å². The maximum Gasteiger partial charge on any atom is 0.241 e. The molecule has 1 heterocycles. The van der Waals surface area contributed by atoms with Gasteiger partial charge in [-0.3, -0.25) is 4.79 Å². The highest BCUT2D eigenvalue weighted by Gasteiger charge is 2.49. The Morgan fingerprint density at radius 1 is 1.17 bits per heavy atom. The van der Waals surface area contributed by atoms with E-state index in [2.05, 4.69) is 31.4 Å². The summed E-state index contributed by atoms with van der Waals surface area (Å²) >= 11 is 0. The fourth-order valence-corrected chi connectivity index (χ4v) is 5.56. The number of hydrogen-bond donors (Lipinski definition) is 2. The van der Waals surface area contributed by atoms with E-state index in [0.29, 0.717) is 37.3 Å². The van der Waals surface area contributed by atoms with Gasteiger partial charge < -0.3 is 10.6 Å². The van der Waals surface area contributed by atoms with Crippen molar-refractivity contribution in [2.24, 2.45) is 11.3 Å². The smallest absolute Gasteiger partial charge is 0.241 e. The summed E-state index contributed by atoms with van der Waals surface area (Å²) in [5.74, 6) is 0.420. The first kappa shape index (κ1) is 19.7. The van der Waals surface area contributed by atoms with Gasteiger partial charge in [-0.1, -0.05) is 27.2 Å². The zero-order valence-corrected chi connectivity index (χ0v) is 16.5. The summed E-state index contributed by atoms with van der Waals surface area (Å²) in [6.07, 6.45) is 7.25. The van der Waals surface area contributed by atoms with Crippen molar-refractivity contribution in [1.29, 1.82) is 0 Å². The highest BCUT2D eigenvalue weighted by Crippen LogP contribution is 2.40. The molecule has 2 fully saturated rings. The molecule has 0 spiro atoms. The maximum atomic E-state index is 12.9. The third-order valence-corrected chi connectivity index (χ3v) is 8.63. The lowest BCUT2D eigenvalue weighted by atomic mass is 9.69. The molecule has 5 nitrogen and oxygen atoms in total. The number of hydrogen-bond acceptors (Lipinski definition) is 4. The first-order valence-corrected chi connectivity index (χ1v) is 11.2. The van der Waals surface area contributed by atoms with Crippen molar-refractivity contribution in [1.82, 2.24) is 10.6 Å². The van der Waals surface area contributed by atoms with Crippen LogP contribution in [0.15, 0.2) is 0 Å². The van der Waals surface area contributed by atoms with Gasteiger partial charge in [-0.05, 0) is 62.9 Å². The van der Waals surface area contributed by atoms with E-state index in [4.69, 9.17) is 0 Å². The van der Waals surface area contributed by atoms with Crippen LogP contribution in [0.25, 0.3) is 0 Å². The van der Waals surface area contributed by atoms with Gasteiger partial charge in [-0.25, -0.2) is 8.42 Å².